The summed E-state index contributed by atoms with van der Waals surface area (Å²) in [6.45, 7) is 17.4. The van der Waals surface area contributed by atoms with Gasteiger partial charge in [-0.1, -0.05) is 92.5 Å². The van der Waals surface area contributed by atoms with Crippen molar-refractivity contribution in [3.05, 3.63) is 57.6 Å². The summed E-state index contributed by atoms with van der Waals surface area (Å²) in [5.74, 6) is 0.982. The lowest BCUT2D eigenvalue weighted by atomic mass is 9.82. The summed E-state index contributed by atoms with van der Waals surface area (Å²) in [5.41, 5.74) is 6.86. The van der Waals surface area contributed by atoms with Crippen LogP contribution >= 0.6 is 0 Å². The van der Waals surface area contributed by atoms with Crippen molar-refractivity contribution in [2.24, 2.45) is 0 Å². The molecule has 0 fully saturated rings. The molecule has 0 spiro atoms. The fraction of sp³-hybridized carbons (Fsp3) is 0.600. The maximum atomic E-state index is 10.8. The molecule has 2 aromatic rings. The molecule has 2 N–H and O–H groups in total. The average Bonchev–Trinajstić information content (AvgIpc) is 2.68. The van der Waals surface area contributed by atoms with Crippen LogP contribution in [-0.4, -0.2) is 10.2 Å². The van der Waals surface area contributed by atoms with Gasteiger partial charge in [0.1, 0.15) is 11.5 Å². The van der Waals surface area contributed by atoms with Crippen LogP contribution in [-0.2, 0) is 36.5 Å². The summed E-state index contributed by atoms with van der Waals surface area (Å²) >= 11 is 0. The van der Waals surface area contributed by atoms with E-state index in [0.717, 1.165) is 73.6 Å². The minimum absolute atomic E-state index is 0.0618. The minimum atomic E-state index is -0.0618. The van der Waals surface area contributed by atoms with Crippen LogP contribution in [0.4, 0.5) is 0 Å². The first kappa shape index (κ1) is 26.3. The second kappa shape index (κ2) is 10.8. The molecule has 2 nitrogen and oxygen atoms in total. The van der Waals surface area contributed by atoms with E-state index >= 15 is 0 Å². The van der Waals surface area contributed by atoms with Crippen molar-refractivity contribution in [3.63, 3.8) is 0 Å². The standard InChI is InChI=1S/C30H46O2/c1-9-13-23-17-21(19-25(27(23)31)29(3,4)5)15-11-12-16-22-18-24(14-10-2)28(32)26(20-22)30(6,7)8/h17-20,31-32H,9-16H2,1-8H3. The molecule has 0 aromatic heterocycles. The van der Waals surface area contributed by atoms with Gasteiger partial charge < -0.3 is 10.2 Å². The number of aromatic hydroxyl groups is 2. The first-order valence-electron chi connectivity index (χ1n) is 12.6. The van der Waals surface area contributed by atoms with Crippen molar-refractivity contribution in [1.29, 1.82) is 0 Å². The summed E-state index contributed by atoms with van der Waals surface area (Å²) < 4.78 is 0. The molecule has 0 saturated carbocycles. The van der Waals surface area contributed by atoms with Gasteiger partial charge in [0.25, 0.3) is 0 Å². The van der Waals surface area contributed by atoms with Crippen molar-refractivity contribution in [1.82, 2.24) is 0 Å². The highest BCUT2D eigenvalue weighted by Gasteiger charge is 2.22. The lowest BCUT2D eigenvalue weighted by Crippen LogP contribution is -2.13. The third-order valence-corrected chi connectivity index (χ3v) is 6.33. The second-order valence-corrected chi connectivity index (χ2v) is 11.5. The number of phenolic OH excluding ortho intramolecular Hbond substituents is 2. The van der Waals surface area contributed by atoms with Gasteiger partial charge in [-0.15, -0.1) is 0 Å². The number of rotatable bonds is 9. The van der Waals surface area contributed by atoms with E-state index in [4.69, 9.17) is 0 Å². The molecule has 0 aliphatic heterocycles. The van der Waals surface area contributed by atoms with Crippen molar-refractivity contribution < 1.29 is 10.2 Å². The predicted octanol–water partition coefficient (Wildman–Crippen LogP) is 8.16. The predicted molar refractivity (Wildman–Crippen MR) is 138 cm³/mol. The largest absolute Gasteiger partial charge is 0.507 e. The maximum Gasteiger partial charge on any atom is 0.122 e. The zero-order valence-corrected chi connectivity index (χ0v) is 21.9. The molecule has 0 unspecified atom stereocenters. The molecule has 2 aromatic carbocycles. The van der Waals surface area contributed by atoms with E-state index in [-0.39, 0.29) is 10.8 Å². The van der Waals surface area contributed by atoms with E-state index in [2.05, 4.69) is 79.7 Å². The SMILES string of the molecule is CCCc1cc(CCCCc2cc(CCC)c(O)c(C(C)(C)C)c2)cc(C(C)(C)C)c1O. The Hall–Kier alpha value is -1.96. The van der Waals surface area contributed by atoms with Crippen LogP contribution in [0, 0.1) is 0 Å². The first-order valence-corrected chi connectivity index (χ1v) is 12.6. The Kier molecular flexibility index (Phi) is 8.85. The third kappa shape index (κ3) is 6.77. The van der Waals surface area contributed by atoms with E-state index < -0.39 is 0 Å². The van der Waals surface area contributed by atoms with E-state index in [1.54, 1.807) is 0 Å². The fourth-order valence-corrected chi connectivity index (χ4v) is 4.53. The second-order valence-electron chi connectivity index (χ2n) is 11.5. The van der Waals surface area contributed by atoms with Crippen molar-refractivity contribution in [2.75, 3.05) is 0 Å². The third-order valence-electron chi connectivity index (χ3n) is 6.33. The van der Waals surface area contributed by atoms with Crippen LogP contribution in [0.2, 0.25) is 0 Å². The molecule has 0 atom stereocenters. The van der Waals surface area contributed by atoms with Gasteiger partial charge in [-0.05, 0) is 82.7 Å². The van der Waals surface area contributed by atoms with Crippen molar-refractivity contribution >= 4 is 0 Å². The Morgan fingerprint density at radius 1 is 0.562 bits per heavy atom. The molecule has 2 heteroatoms. The van der Waals surface area contributed by atoms with E-state index in [0.29, 0.717) is 11.5 Å². The van der Waals surface area contributed by atoms with Gasteiger partial charge in [-0.25, -0.2) is 0 Å². The summed E-state index contributed by atoms with van der Waals surface area (Å²) in [6, 6.07) is 8.86. The number of benzene rings is 2. The summed E-state index contributed by atoms with van der Waals surface area (Å²) in [5, 5.41) is 21.5. The number of phenols is 2. The molecule has 0 amide bonds. The van der Waals surface area contributed by atoms with Crippen LogP contribution < -0.4 is 0 Å². The first-order chi connectivity index (χ1) is 14.9. The zero-order chi connectivity index (χ0) is 24.1. The Balaban J connectivity index is 2.15. The molecule has 0 aliphatic carbocycles. The van der Waals surface area contributed by atoms with Crippen LogP contribution in [0.5, 0.6) is 11.5 Å². The van der Waals surface area contributed by atoms with Crippen molar-refractivity contribution in [3.8, 4) is 11.5 Å². The van der Waals surface area contributed by atoms with Gasteiger partial charge in [0, 0.05) is 0 Å². The molecule has 0 bridgehead atoms. The van der Waals surface area contributed by atoms with E-state index in [1.165, 1.54) is 11.1 Å². The Morgan fingerprint density at radius 2 is 0.906 bits per heavy atom. The summed E-state index contributed by atoms with van der Waals surface area (Å²) in [7, 11) is 0. The minimum Gasteiger partial charge on any atom is -0.507 e. The monoisotopic (exact) mass is 438 g/mol. The normalized spacial score (nSPS) is 12.4. The quantitative estimate of drug-likeness (QED) is 0.388. The number of unbranched alkanes of at least 4 members (excludes halogenated alkanes) is 1. The molecular formula is C30H46O2. The van der Waals surface area contributed by atoms with Gasteiger partial charge in [-0.2, -0.15) is 0 Å². The maximum absolute atomic E-state index is 10.8. The van der Waals surface area contributed by atoms with Gasteiger partial charge in [0.05, 0.1) is 0 Å². The number of aryl methyl sites for hydroxylation is 4. The highest BCUT2D eigenvalue weighted by molar-refractivity contribution is 5.48. The van der Waals surface area contributed by atoms with Crippen LogP contribution in [0.3, 0.4) is 0 Å². The van der Waals surface area contributed by atoms with Gasteiger partial charge >= 0.3 is 0 Å². The highest BCUT2D eigenvalue weighted by atomic mass is 16.3. The van der Waals surface area contributed by atoms with E-state index in [1.807, 2.05) is 0 Å². The smallest absolute Gasteiger partial charge is 0.122 e. The summed E-state index contributed by atoms with van der Waals surface area (Å²) in [6.07, 6.45) is 8.23. The Morgan fingerprint density at radius 3 is 1.19 bits per heavy atom. The molecule has 0 radical (unpaired) electrons. The average molecular weight is 439 g/mol. The highest BCUT2D eigenvalue weighted by Crippen LogP contribution is 2.37. The molecule has 0 aliphatic rings. The molecular weight excluding hydrogens is 392 g/mol. The molecule has 178 valence electrons. The lowest BCUT2D eigenvalue weighted by Gasteiger charge is -2.24. The topological polar surface area (TPSA) is 40.5 Å². The number of hydrogen-bond acceptors (Lipinski definition) is 2. The van der Waals surface area contributed by atoms with E-state index in [9.17, 15) is 10.2 Å². The molecule has 2 rings (SSSR count). The number of hydrogen-bond donors (Lipinski definition) is 2. The Labute approximate surface area is 197 Å². The zero-order valence-electron chi connectivity index (χ0n) is 21.9. The fourth-order valence-electron chi connectivity index (χ4n) is 4.53. The Bertz CT molecular complexity index is 819. The van der Waals surface area contributed by atoms with Crippen molar-refractivity contribution in [2.45, 2.75) is 118 Å². The van der Waals surface area contributed by atoms with Crippen LogP contribution in [0.15, 0.2) is 24.3 Å². The van der Waals surface area contributed by atoms with Gasteiger partial charge in [-0.3, -0.25) is 0 Å². The molecule has 0 saturated heterocycles. The molecule has 32 heavy (non-hydrogen) atoms. The van der Waals surface area contributed by atoms with Crippen LogP contribution in [0.25, 0.3) is 0 Å². The lowest BCUT2D eigenvalue weighted by molar-refractivity contribution is 0.438. The molecule has 0 heterocycles. The van der Waals surface area contributed by atoms with Crippen LogP contribution in [0.1, 0.15) is 114 Å². The summed E-state index contributed by atoms with van der Waals surface area (Å²) in [4.78, 5) is 0. The van der Waals surface area contributed by atoms with Gasteiger partial charge in [0.2, 0.25) is 0 Å². The van der Waals surface area contributed by atoms with Gasteiger partial charge in [0.15, 0.2) is 0 Å².